The highest BCUT2D eigenvalue weighted by Crippen LogP contribution is 2.27. The summed E-state index contributed by atoms with van der Waals surface area (Å²) in [5, 5.41) is 0.803. The molecule has 2 saturated heterocycles. The molecule has 0 unspecified atom stereocenters. The largest absolute Gasteiger partial charge is 0.340 e. The van der Waals surface area contributed by atoms with Gasteiger partial charge in [0.2, 0.25) is 15.9 Å². The number of hydrogen-bond donors (Lipinski definition) is 0. The molecule has 2 heterocycles. The monoisotopic (exact) mass is 509 g/mol. The van der Waals surface area contributed by atoms with E-state index in [0.717, 1.165) is 26.1 Å². The standard InChI is InChI=1S/C24H29Cl2N3O3S/c25-22-9-8-21(23(26)15-22)18-33(31,32)29-10-4-7-20(17-29)24(30)28-13-11-27(12-14-28)16-19-5-2-1-3-6-19/h1-3,5-6,8-9,15,20H,4,7,10-14,16-18H2/t20-/m1/s1. The first-order chi connectivity index (χ1) is 15.8. The first-order valence-electron chi connectivity index (χ1n) is 11.3. The fourth-order valence-corrected chi connectivity index (χ4v) is 6.75. The molecule has 4 rings (SSSR count). The van der Waals surface area contributed by atoms with Crippen LogP contribution in [0.4, 0.5) is 0 Å². The third kappa shape index (κ3) is 6.28. The summed E-state index contributed by atoms with van der Waals surface area (Å²) in [6, 6.07) is 15.2. The van der Waals surface area contributed by atoms with E-state index in [1.807, 2.05) is 23.1 Å². The van der Waals surface area contributed by atoms with Crippen LogP contribution in [-0.2, 0) is 27.1 Å². The number of benzene rings is 2. The van der Waals surface area contributed by atoms with Gasteiger partial charge in [-0.3, -0.25) is 9.69 Å². The molecule has 2 aliphatic rings. The summed E-state index contributed by atoms with van der Waals surface area (Å²) in [6.45, 7) is 4.55. The average molecular weight is 510 g/mol. The summed E-state index contributed by atoms with van der Waals surface area (Å²) in [7, 11) is -3.59. The molecule has 0 spiro atoms. The Labute approximate surface area is 206 Å². The van der Waals surface area contributed by atoms with Gasteiger partial charge >= 0.3 is 0 Å². The van der Waals surface area contributed by atoms with E-state index < -0.39 is 10.0 Å². The lowest BCUT2D eigenvalue weighted by Crippen LogP contribution is -2.52. The second kappa shape index (κ2) is 10.7. The number of carbonyl (C=O) groups excluding carboxylic acids is 1. The maximum atomic E-state index is 13.2. The fourth-order valence-electron chi connectivity index (χ4n) is 4.55. The van der Waals surface area contributed by atoms with Crippen molar-refractivity contribution in [3.63, 3.8) is 0 Å². The van der Waals surface area contributed by atoms with Crippen molar-refractivity contribution in [3.8, 4) is 0 Å². The van der Waals surface area contributed by atoms with Gasteiger partial charge in [-0.1, -0.05) is 59.6 Å². The lowest BCUT2D eigenvalue weighted by atomic mass is 9.97. The zero-order valence-corrected chi connectivity index (χ0v) is 20.8. The van der Waals surface area contributed by atoms with Crippen molar-refractivity contribution < 1.29 is 13.2 Å². The summed E-state index contributed by atoms with van der Waals surface area (Å²) >= 11 is 12.1. The van der Waals surface area contributed by atoms with Gasteiger partial charge in [0.1, 0.15) is 0 Å². The second-order valence-electron chi connectivity index (χ2n) is 8.78. The van der Waals surface area contributed by atoms with Gasteiger partial charge in [0, 0.05) is 55.9 Å². The molecule has 6 nitrogen and oxygen atoms in total. The predicted molar refractivity (Wildman–Crippen MR) is 132 cm³/mol. The van der Waals surface area contributed by atoms with E-state index >= 15 is 0 Å². The smallest absolute Gasteiger partial charge is 0.227 e. The van der Waals surface area contributed by atoms with Crippen LogP contribution in [0.3, 0.4) is 0 Å². The molecule has 0 aromatic heterocycles. The minimum atomic E-state index is -3.59. The van der Waals surface area contributed by atoms with Crippen molar-refractivity contribution in [2.75, 3.05) is 39.3 Å². The molecule has 0 saturated carbocycles. The fraction of sp³-hybridized carbons (Fsp3) is 0.458. The first-order valence-corrected chi connectivity index (χ1v) is 13.6. The van der Waals surface area contributed by atoms with Gasteiger partial charge in [-0.05, 0) is 36.1 Å². The number of carbonyl (C=O) groups is 1. The van der Waals surface area contributed by atoms with Crippen molar-refractivity contribution in [1.29, 1.82) is 0 Å². The summed E-state index contributed by atoms with van der Waals surface area (Å²) < 4.78 is 27.6. The Bertz CT molecular complexity index is 1070. The van der Waals surface area contributed by atoms with E-state index in [1.54, 1.807) is 18.2 Å². The molecule has 0 N–H and O–H groups in total. The van der Waals surface area contributed by atoms with Gasteiger partial charge in [-0.2, -0.15) is 0 Å². The van der Waals surface area contributed by atoms with E-state index in [4.69, 9.17) is 23.2 Å². The lowest BCUT2D eigenvalue weighted by molar-refractivity contribution is -0.138. The van der Waals surface area contributed by atoms with Gasteiger partial charge in [0.05, 0.1) is 11.7 Å². The summed E-state index contributed by atoms with van der Waals surface area (Å²) in [4.78, 5) is 17.4. The lowest BCUT2D eigenvalue weighted by Gasteiger charge is -2.38. The zero-order chi connectivity index (χ0) is 23.4. The van der Waals surface area contributed by atoms with Crippen molar-refractivity contribution in [1.82, 2.24) is 14.1 Å². The van der Waals surface area contributed by atoms with Crippen molar-refractivity contribution in [2.24, 2.45) is 5.92 Å². The Hall–Kier alpha value is -1.64. The minimum Gasteiger partial charge on any atom is -0.340 e. The molecule has 0 radical (unpaired) electrons. The van der Waals surface area contributed by atoms with Crippen LogP contribution in [0.1, 0.15) is 24.0 Å². The van der Waals surface area contributed by atoms with Gasteiger partial charge in [-0.15, -0.1) is 0 Å². The molecule has 2 aliphatic heterocycles. The maximum absolute atomic E-state index is 13.2. The number of amides is 1. The summed E-state index contributed by atoms with van der Waals surface area (Å²) in [6.07, 6.45) is 1.40. The number of hydrogen-bond acceptors (Lipinski definition) is 4. The zero-order valence-electron chi connectivity index (χ0n) is 18.5. The number of halogens is 2. The highest BCUT2D eigenvalue weighted by atomic mass is 35.5. The van der Waals surface area contributed by atoms with Crippen LogP contribution in [0, 0.1) is 5.92 Å². The van der Waals surface area contributed by atoms with E-state index in [-0.39, 0.29) is 24.1 Å². The first kappa shape index (κ1) is 24.5. The van der Waals surface area contributed by atoms with Gasteiger partial charge in [0.25, 0.3) is 0 Å². The number of piperidine rings is 1. The number of nitrogens with zero attached hydrogens (tertiary/aromatic N) is 3. The molecule has 0 aliphatic carbocycles. The molecule has 2 aromatic rings. The Morgan fingerprint density at radius 3 is 2.39 bits per heavy atom. The Balaban J connectivity index is 1.33. The van der Waals surface area contributed by atoms with Crippen molar-refractivity contribution in [3.05, 3.63) is 69.7 Å². The highest BCUT2D eigenvalue weighted by Gasteiger charge is 2.35. The van der Waals surface area contributed by atoms with E-state index in [9.17, 15) is 13.2 Å². The molecular formula is C24H29Cl2N3O3S. The minimum absolute atomic E-state index is 0.0683. The summed E-state index contributed by atoms with van der Waals surface area (Å²) in [5.41, 5.74) is 1.79. The second-order valence-corrected chi connectivity index (χ2v) is 11.6. The van der Waals surface area contributed by atoms with Crippen molar-refractivity contribution >= 4 is 39.1 Å². The topological polar surface area (TPSA) is 60.9 Å². The predicted octanol–water partition coefficient (Wildman–Crippen LogP) is 3.88. The van der Waals surface area contributed by atoms with Gasteiger partial charge in [-0.25, -0.2) is 12.7 Å². The van der Waals surface area contributed by atoms with Crippen LogP contribution < -0.4 is 0 Å². The van der Waals surface area contributed by atoms with Crippen molar-refractivity contribution in [2.45, 2.75) is 25.1 Å². The maximum Gasteiger partial charge on any atom is 0.227 e. The van der Waals surface area contributed by atoms with E-state index in [1.165, 1.54) is 9.87 Å². The van der Waals surface area contributed by atoms with Gasteiger partial charge in [0.15, 0.2) is 0 Å². The SMILES string of the molecule is O=C([C@@H]1CCCN(S(=O)(=O)Cc2ccc(Cl)cc2Cl)C1)N1CCN(Cc2ccccc2)CC1. The average Bonchev–Trinajstić information content (AvgIpc) is 2.82. The van der Waals surface area contributed by atoms with Crippen LogP contribution >= 0.6 is 23.2 Å². The van der Waals surface area contributed by atoms with Crippen LogP contribution in [0.5, 0.6) is 0 Å². The molecule has 1 amide bonds. The normalized spacial score (nSPS) is 20.7. The molecule has 9 heteroatoms. The number of rotatable bonds is 6. The highest BCUT2D eigenvalue weighted by molar-refractivity contribution is 7.88. The molecule has 178 valence electrons. The van der Waals surface area contributed by atoms with Crippen LogP contribution in [0.2, 0.25) is 10.0 Å². The third-order valence-electron chi connectivity index (χ3n) is 6.41. The third-order valence-corrected chi connectivity index (χ3v) is 8.79. The molecule has 33 heavy (non-hydrogen) atoms. The Kier molecular flexibility index (Phi) is 7.97. The molecule has 0 bridgehead atoms. The van der Waals surface area contributed by atoms with E-state index in [2.05, 4.69) is 17.0 Å². The number of piperazine rings is 1. The van der Waals surface area contributed by atoms with Crippen LogP contribution in [0.15, 0.2) is 48.5 Å². The van der Waals surface area contributed by atoms with Crippen LogP contribution in [0.25, 0.3) is 0 Å². The molecule has 2 aromatic carbocycles. The molecular weight excluding hydrogens is 481 g/mol. The molecule has 1 atom stereocenters. The number of sulfonamides is 1. The van der Waals surface area contributed by atoms with Gasteiger partial charge < -0.3 is 4.90 Å². The molecule has 2 fully saturated rings. The Morgan fingerprint density at radius 1 is 0.970 bits per heavy atom. The summed E-state index contributed by atoms with van der Waals surface area (Å²) in [5.74, 6) is -0.420. The van der Waals surface area contributed by atoms with E-state index in [0.29, 0.717) is 41.7 Å². The Morgan fingerprint density at radius 2 is 1.70 bits per heavy atom. The van der Waals surface area contributed by atoms with Crippen LogP contribution in [-0.4, -0.2) is 67.7 Å². The quantitative estimate of drug-likeness (QED) is 0.592.